The lowest BCUT2D eigenvalue weighted by Gasteiger charge is -2.10. The molecular weight excluding hydrogens is 258 g/mol. The molecule has 0 radical (unpaired) electrons. The van der Waals surface area contributed by atoms with Gasteiger partial charge in [0.1, 0.15) is 10.9 Å². The van der Waals surface area contributed by atoms with Gasteiger partial charge in [-0.15, -0.1) is 0 Å². The number of hydrogen-bond donors (Lipinski definition) is 2. The Hall–Kier alpha value is -1.41. The summed E-state index contributed by atoms with van der Waals surface area (Å²) in [6.07, 6.45) is 0. The van der Waals surface area contributed by atoms with Crippen molar-refractivity contribution in [1.82, 2.24) is 14.5 Å². The second-order valence-corrected chi connectivity index (χ2v) is 5.65. The van der Waals surface area contributed by atoms with Crippen LogP contribution in [0.5, 0.6) is 0 Å². The van der Waals surface area contributed by atoms with E-state index < -0.39 is 22.0 Å². The maximum absolute atomic E-state index is 12.1. The van der Waals surface area contributed by atoms with Gasteiger partial charge in [-0.05, 0) is 27.7 Å². The van der Waals surface area contributed by atoms with Crippen molar-refractivity contribution in [3.63, 3.8) is 0 Å². The summed E-state index contributed by atoms with van der Waals surface area (Å²) in [5, 5.41) is 12.8. The number of carboxylic acid groups (broad SMARTS) is 1. The quantitative estimate of drug-likeness (QED) is 0.803. The van der Waals surface area contributed by atoms with Crippen LogP contribution in [0.15, 0.2) is 4.90 Å². The highest BCUT2D eigenvalue weighted by Crippen LogP contribution is 2.19. The van der Waals surface area contributed by atoms with Crippen LogP contribution in [0.1, 0.15) is 25.2 Å². The van der Waals surface area contributed by atoms with Gasteiger partial charge in [-0.3, -0.25) is 9.48 Å². The Morgan fingerprint density at radius 2 is 2.06 bits per heavy atom. The molecule has 0 fully saturated rings. The van der Waals surface area contributed by atoms with Crippen LogP contribution >= 0.6 is 0 Å². The molecule has 1 atom stereocenters. The zero-order chi connectivity index (χ0) is 14.1. The first-order valence-electron chi connectivity index (χ1n) is 5.49. The molecule has 1 heterocycles. The molecule has 0 spiro atoms. The van der Waals surface area contributed by atoms with Crippen LogP contribution in [-0.4, -0.2) is 35.3 Å². The summed E-state index contributed by atoms with van der Waals surface area (Å²) in [5.74, 6) is -1.23. The molecule has 2 N–H and O–H groups in total. The molecule has 7 nitrogen and oxygen atoms in total. The van der Waals surface area contributed by atoms with Crippen LogP contribution in [0, 0.1) is 13.8 Å². The zero-order valence-electron chi connectivity index (χ0n) is 10.8. The van der Waals surface area contributed by atoms with E-state index in [9.17, 15) is 13.2 Å². The van der Waals surface area contributed by atoms with Crippen LogP contribution in [0.3, 0.4) is 0 Å². The monoisotopic (exact) mass is 275 g/mol. The second kappa shape index (κ2) is 5.07. The number of carboxylic acids is 1. The molecule has 0 aliphatic carbocycles. The van der Waals surface area contributed by atoms with Crippen molar-refractivity contribution >= 4 is 16.0 Å². The van der Waals surface area contributed by atoms with E-state index in [-0.39, 0.29) is 4.90 Å². The van der Waals surface area contributed by atoms with Crippen LogP contribution in [0.25, 0.3) is 0 Å². The highest BCUT2D eigenvalue weighted by atomic mass is 32.2. The third-order valence-corrected chi connectivity index (χ3v) is 4.38. The molecule has 1 rings (SSSR count). The summed E-state index contributed by atoms with van der Waals surface area (Å²) in [6, 6.07) is -1.18. The fraction of sp³-hybridized carbons (Fsp3) is 0.600. The van der Waals surface area contributed by atoms with Crippen LogP contribution in [0.4, 0.5) is 0 Å². The number of sulfonamides is 1. The average Bonchev–Trinajstić information content (AvgIpc) is 2.53. The first-order valence-corrected chi connectivity index (χ1v) is 6.98. The Labute approximate surface area is 106 Å². The molecule has 1 unspecified atom stereocenters. The number of aryl methyl sites for hydroxylation is 2. The smallest absolute Gasteiger partial charge is 0.321 e. The van der Waals surface area contributed by atoms with Gasteiger partial charge in [-0.25, -0.2) is 8.42 Å². The molecule has 0 aliphatic heterocycles. The third kappa shape index (κ3) is 2.70. The molecule has 0 saturated heterocycles. The molecule has 1 aromatic heterocycles. The molecule has 102 valence electrons. The van der Waals surface area contributed by atoms with Gasteiger partial charge in [-0.2, -0.15) is 9.82 Å². The second-order valence-electron chi connectivity index (χ2n) is 4.00. The number of aromatic nitrogens is 2. The van der Waals surface area contributed by atoms with E-state index in [2.05, 4.69) is 9.82 Å². The molecule has 18 heavy (non-hydrogen) atoms. The van der Waals surface area contributed by atoms with Crippen molar-refractivity contribution in [2.75, 3.05) is 0 Å². The summed E-state index contributed by atoms with van der Waals surface area (Å²) < 4.78 is 27.9. The van der Waals surface area contributed by atoms with Gasteiger partial charge in [0.25, 0.3) is 0 Å². The molecule has 1 aromatic rings. The van der Waals surface area contributed by atoms with E-state index >= 15 is 0 Å². The van der Waals surface area contributed by atoms with E-state index in [0.717, 1.165) is 0 Å². The molecule has 0 bridgehead atoms. The van der Waals surface area contributed by atoms with E-state index in [1.165, 1.54) is 6.92 Å². The number of aliphatic carboxylic acids is 1. The van der Waals surface area contributed by atoms with Gasteiger partial charge in [0, 0.05) is 6.54 Å². The lowest BCUT2D eigenvalue weighted by molar-refractivity contribution is -0.138. The Balaban J connectivity index is 3.21. The van der Waals surface area contributed by atoms with E-state index in [1.54, 1.807) is 18.5 Å². The fourth-order valence-electron chi connectivity index (χ4n) is 1.72. The number of hydrogen-bond acceptors (Lipinski definition) is 4. The van der Waals surface area contributed by atoms with Crippen molar-refractivity contribution in [1.29, 1.82) is 0 Å². The lowest BCUT2D eigenvalue weighted by atomic mass is 10.4. The van der Waals surface area contributed by atoms with Crippen LogP contribution in [0.2, 0.25) is 0 Å². The van der Waals surface area contributed by atoms with Gasteiger partial charge in [0.2, 0.25) is 10.0 Å². The van der Waals surface area contributed by atoms with Crippen molar-refractivity contribution in [3.8, 4) is 0 Å². The largest absolute Gasteiger partial charge is 0.480 e. The topological polar surface area (TPSA) is 101 Å². The van der Waals surface area contributed by atoms with Gasteiger partial charge < -0.3 is 5.11 Å². The van der Waals surface area contributed by atoms with Gasteiger partial charge in [0.05, 0.1) is 11.4 Å². The standard InChI is InChI=1S/C10H17N3O4S/c1-5-13-8(4)9(6(2)11-13)18(16,17)12-7(3)10(14)15/h7,12H,5H2,1-4H3,(H,14,15). The minimum atomic E-state index is -3.87. The van der Waals surface area contributed by atoms with Crippen LogP contribution < -0.4 is 4.72 Å². The molecule has 0 aliphatic rings. The number of carbonyl (C=O) groups is 1. The highest BCUT2D eigenvalue weighted by Gasteiger charge is 2.27. The maximum Gasteiger partial charge on any atom is 0.321 e. The first-order chi connectivity index (χ1) is 8.20. The van der Waals surface area contributed by atoms with Gasteiger partial charge in [0.15, 0.2) is 0 Å². The van der Waals surface area contributed by atoms with Crippen molar-refractivity contribution in [3.05, 3.63) is 11.4 Å². The molecular formula is C10H17N3O4S. The summed E-state index contributed by atoms with van der Waals surface area (Å²) in [5.41, 5.74) is 0.861. The Morgan fingerprint density at radius 3 is 2.44 bits per heavy atom. The molecule has 0 aromatic carbocycles. The lowest BCUT2D eigenvalue weighted by Crippen LogP contribution is -2.38. The predicted molar refractivity (Wildman–Crippen MR) is 64.8 cm³/mol. The van der Waals surface area contributed by atoms with E-state index in [1.807, 2.05) is 6.92 Å². The summed E-state index contributed by atoms with van der Waals surface area (Å²) in [6.45, 7) is 6.90. The summed E-state index contributed by atoms with van der Waals surface area (Å²) >= 11 is 0. The normalized spacial score (nSPS) is 13.6. The van der Waals surface area contributed by atoms with E-state index in [4.69, 9.17) is 5.11 Å². The number of nitrogens with one attached hydrogen (secondary N) is 1. The average molecular weight is 275 g/mol. The first kappa shape index (κ1) is 14.7. The molecule has 8 heteroatoms. The van der Waals surface area contributed by atoms with E-state index in [0.29, 0.717) is 17.9 Å². The number of rotatable bonds is 5. The van der Waals surface area contributed by atoms with Crippen molar-refractivity contribution in [2.45, 2.75) is 45.2 Å². The SMILES string of the molecule is CCn1nc(C)c(S(=O)(=O)NC(C)C(=O)O)c1C. The zero-order valence-corrected chi connectivity index (χ0v) is 11.6. The Kier molecular flexibility index (Phi) is 4.12. The minimum absolute atomic E-state index is 0.0532. The minimum Gasteiger partial charge on any atom is -0.480 e. The fourth-order valence-corrected chi connectivity index (χ4v) is 3.33. The molecule has 0 amide bonds. The predicted octanol–water partition coefficient (Wildman–Crippen LogP) is 0.271. The van der Waals surface area contributed by atoms with Crippen molar-refractivity contribution < 1.29 is 18.3 Å². The third-order valence-electron chi connectivity index (χ3n) is 2.59. The number of nitrogens with zero attached hydrogens (tertiary/aromatic N) is 2. The van der Waals surface area contributed by atoms with Crippen LogP contribution in [-0.2, 0) is 21.4 Å². The van der Waals surface area contributed by atoms with Gasteiger partial charge in [-0.1, -0.05) is 0 Å². The summed E-state index contributed by atoms with van der Waals surface area (Å²) in [7, 11) is -3.87. The van der Waals surface area contributed by atoms with Crippen molar-refractivity contribution in [2.24, 2.45) is 0 Å². The Bertz CT molecular complexity index is 562. The maximum atomic E-state index is 12.1. The highest BCUT2D eigenvalue weighted by molar-refractivity contribution is 7.89. The summed E-state index contributed by atoms with van der Waals surface area (Å²) in [4.78, 5) is 10.7. The molecule has 0 saturated carbocycles. The Morgan fingerprint density at radius 1 is 1.50 bits per heavy atom. The van der Waals surface area contributed by atoms with Gasteiger partial charge >= 0.3 is 5.97 Å².